The van der Waals surface area contributed by atoms with Crippen LogP contribution in [-0.2, 0) is 15.1 Å². The van der Waals surface area contributed by atoms with E-state index < -0.39 is 24.2 Å². The number of alkyl halides is 3. The molecule has 132 valence electrons. The Morgan fingerprint density at radius 1 is 1.26 bits per heavy atom. The fraction of sp³-hybridized carbons (Fsp3) is 0.500. The summed E-state index contributed by atoms with van der Waals surface area (Å²) in [7, 11) is 1.49. The minimum atomic E-state index is -4.91. The maximum absolute atomic E-state index is 13.2. The first-order chi connectivity index (χ1) is 10.3. The fourth-order valence-corrected chi connectivity index (χ4v) is 1.74. The van der Waals surface area contributed by atoms with Crippen LogP contribution in [0.1, 0.15) is 5.56 Å². The van der Waals surface area contributed by atoms with E-state index in [0.29, 0.717) is 13.2 Å². The van der Waals surface area contributed by atoms with Crippen LogP contribution < -0.4 is 10.6 Å². The van der Waals surface area contributed by atoms with Gasteiger partial charge in [0.05, 0.1) is 19.7 Å². The maximum atomic E-state index is 13.2. The highest BCUT2D eigenvalue weighted by molar-refractivity contribution is 5.85. The second-order valence-electron chi connectivity index (χ2n) is 4.67. The van der Waals surface area contributed by atoms with Crippen molar-refractivity contribution in [1.82, 2.24) is 10.6 Å². The average molecular weight is 357 g/mol. The number of rotatable bonds is 8. The molecule has 1 amide bonds. The first-order valence-corrected chi connectivity index (χ1v) is 6.62. The number of carbonyl (C=O) groups excluding carboxylic acids is 1. The van der Waals surface area contributed by atoms with Crippen LogP contribution in [0.2, 0.25) is 0 Å². The van der Waals surface area contributed by atoms with Crippen LogP contribution in [0.5, 0.6) is 0 Å². The van der Waals surface area contributed by atoms with Gasteiger partial charge >= 0.3 is 6.18 Å². The first-order valence-electron chi connectivity index (χ1n) is 6.62. The zero-order valence-corrected chi connectivity index (χ0v) is 13.3. The summed E-state index contributed by atoms with van der Waals surface area (Å²) >= 11 is 0. The molecule has 0 saturated heterocycles. The highest BCUT2D eigenvalue weighted by atomic mass is 35.5. The van der Waals surface area contributed by atoms with Crippen molar-refractivity contribution in [3.63, 3.8) is 0 Å². The molecule has 0 aliphatic carbocycles. The molecule has 1 atom stereocenters. The van der Waals surface area contributed by atoms with Crippen LogP contribution in [-0.4, -0.2) is 50.5 Å². The Kier molecular flexibility index (Phi) is 9.14. The van der Waals surface area contributed by atoms with Gasteiger partial charge in [-0.05, 0) is 5.56 Å². The van der Waals surface area contributed by atoms with E-state index >= 15 is 0 Å². The molecule has 0 heterocycles. The third-order valence-corrected chi connectivity index (χ3v) is 3.03. The van der Waals surface area contributed by atoms with Gasteiger partial charge in [-0.25, -0.2) is 0 Å². The van der Waals surface area contributed by atoms with Crippen molar-refractivity contribution in [3.8, 4) is 0 Å². The van der Waals surface area contributed by atoms with E-state index in [4.69, 9.17) is 4.74 Å². The Morgan fingerprint density at radius 2 is 1.87 bits per heavy atom. The number of benzene rings is 1. The maximum Gasteiger partial charge on any atom is 0.423 e. The van der Waals surface area contributed by atoms with E-state index in [1.165, 1.54) is 19.2 Å². The zero-order chi connectivity index (χ0) is 16.6. The molecule has 0 fully saturated rings. The molecule has 5 nitrogen and oxygen atoms in total. The largest absolute Gasteiger partial charge is 0.423 e. The number of carbonyl (C=O) groups is 1. The monoisotopic (exact) mass is 356 g/mol. The minimum Gasteiger partial charge on any atom is -0.383 e. The van der Waals surface area contributed by atoms with Gasteiger partial charge in [0.1, 0.15) is 0 Å². The van der Waals surface area contributed by atoms with E-state index in [1.54, 1.807) is 6.07 Å². The van der Waals surface area contributed by atoms with Gasteiger partial charge < -0.3 is 20.5 Å². The quantitative estimate of drug-likeness (QED) is 0.612. The normalized spacial score (nSPS) is 13.8. The molecular formula is C14H20ClF3N2O3. The van der Waals surface area contributed by atoms with Gasteiger partial charge in [-0.15, -0.1) is 12.4 Å². The van der Waals surface area contributed by atoms with Gasteiger partial charge in [-0.2, -0.15) is 13.2 Å². The average Bonchev–Trinajstić information content (AvgIpc) is 2.49. The summed E-state index contributed by atoms with van der Waals surface area (Å²) in [5.74, 6) is -0.644. The third-order valence-electron chi connectivity index (χ3n) is 3.03. The lowest BCUT2D eigenvalue weighted by Gasteiger charge is -2.31. The minimum absolute atomic E-state index is 0. The summed E-state index contributed by atoms with van der Waals surface area (Å²) in [6, 6.07) is 6.64. The summed E-state index contributed by atoms with van der Waals surface area (Å²) in [6.07, 6.45) is -4.91. The SMILES string of the molecule is COCCNCC(=O)NCC(O)(c1ccccc1)C(F)(F)F.Cl. The Morgan fingerprint density at radius 3 is 2.39 bits per heavy atom. The molecule has 0 aliphatic heterocycles. The standard InChI is InChI=1S/C14H19F3N2O3.ClH/c1-22-8-7-18-9-12(20)19-10-13(21,14(15,16)17)11-5-3-2-4-6-11;/h2-6,18,21H,7-10H2,1H3,(H,19,20);1H. The molecule has 23 heavy (non-hydrogen) atoms. The number of methoxy groups -OCH3 is 1. The predicted molar refractivity (Wildman–Crippen MR) is 81.4 cm³/mol. The van der Waals surface area contributed by atoms with Gasteiger partial charge in [-0.1, -0.05) is 30.3 Å². The predicted octanol–water partition coefficient (Wildman–Crippen LogP) is 1.21. The number of hydrogen-bond donors (Lipinski definition) is 3. The van der Waals surface area contributed by atoms with Gasteiger partial charge in [-0.3, -0.25) is 4.79 Å². The molecule has 0 aromatic heterocycles. The van der Waals surface area contributed by atoms with Crippen molar-refractivity contribution in [3.05, 3.63) is 35.9 Å². The second-order valence-corrected chi connectivity index (χ2v) is 4.67. The molecule has 9 heteroatoms. The summed E-state index contributed by atoms with van der Waals surface area (Å²) in [5, 5.41) is 14.8. The second kappa shape index (κ2) is 9.71. The van der Waals surface area contributed by atoms with E-state index in [2.05, 4.69) is 10.6 Å². The van der Waals surface area contributed by atoms with Gasteiger partial charge in [0.2, 0.25) is 11.5 Å². The lowest BCUT2D eigenvalue weighted by atomic mass is 9.93. The summed E-state index contributed by atoms with van der Waals surface area (Å²) in [4.78, 5) is 11.5. The van der Waals surface area contributed by atoms with Crippen molar-refractivity contribution in [2.45, 2.75) is 11.8 Å². The van der Waals surface area contributed by atoms with Crippen molar-refractivity contribution in [2.75, 3.05) is 33.4 Å². The van der Waals surface area contributed by atoms with Crippen molar-refractivity contribution < 1.29 is 27.8 Å². The van der Waals surface area contributed by atoms with Crippen LogP contribution in [0.25, 0.3) is 0 Å². The fourth-order valence-electron chi connectivity index (χ4n) is 1.74. The van der Waals surface area contributed by atoms with Crippen LogP contribution >= 0.6 is 12.4 Å². The lowest BCUT2D eigenvalue weighted by Crippen LogP contribution is -2.52. The molecule has 1 rings (SSSR count). The number of aliphatic hydroxyl groups is 1. The molecule has 1 aromatic carbocycles. The highest BCUT2D eigenvalue weighted by Gasteiger charge is 2.55. The van der Waals surface area contributed by atoms with Gasteiger partial charge in [0.25, 0.3) is 0 Å². The molecule has 0 spiro atoms. The summed E-state index contributed by atoms with van der Waals surface area (Å²) < 4.78 is 44.2. The zero-order valence-electron chi connectivity index (χ0n) is 12.5. The Bertz CT molecular complexity index is 474. The first kappa shape index (κ1) is 21.6. The highest BCUT2D eigenvalue weighted by Crippen LogP contribution is 2.38. The van der Waals surface area contributed by atoms with E-state index in [9.17, 15) is 23.1 Å². The Labute approximate surface area is 138 Å². The Balaban J connectivity index is 0.00000484. The smallest absolute Gasteiger partial charge is 0.383 e. The summed E-state index contributed by atoms with van der Waals surface area (Å²) in [5.41, 5.74) is -3.45. The molecule has 1 aromatic rings. The molecule has 0 saturated carbocycles. The van der Waals surface area contributed by atoms with E-state index in [1.807, 2.05) is 0 Å². The number of amides is 1. The molecule has 0 radical (unpaired) electrons. The third kappa shape index (κ3) is 6.34. The lowest BCUT2D eigenvalue weighted by molar-refractivity contribution is -0.264. The van der Waals surface area contributed by atoms with Crippen molar-refractivity contribution in [1.29, 1.82) is 0 Å². The van der Waals surface area contributed by atoms with Crippen LogP contribution in [0.3, 0.4) is 0 Å². The van der Waals surface area contributed by atoms with Gasteiger partial charge in [0, 0.05) is 13.7 Å². The van der Waals surface area contributed by atoms with Crippen LogP contribution in [0, 0.1) is 0 Å². The number of ether oxygens (including phenoxy) is 1. The molecule has 0 aliphatic rings. The number of nitrogens with one attached hydrogen (secondary N) is 2. The Hall–Kier alpha value is -1.35. The molecule has 3 N–H and O–H groups in total. The molecule has 0 bridgehead atoms. The molecular weight excluding hydrogens is 337 g/mol. The van der Waals surface area contributed by atoms with Gasteiger partial charge in [0.15, 0.2) is 0 Å². The molecule has 1 unspecified atom stereocenters. The summed E-state index contributed by atoms with van der Waals surface area (Å²) in [6.45, 7) is -0.340. The number of halogens is 4. The van der Waals surface area contributed by atoms with E-state index in [0.717, 1.165) is 12.1 Å². The van der Waals surface area contributed by atoms with Crippen LogP contribution in [0.4, 0.5) is 13.2 Å². The number of hydrogen-bond acceptors (Lipinski definition) is 4. The topological polar surface area (TPSA) is 70.6 Å². The van der Waals surface area contributed by atoms with Crippen molar-refractivity contribution in [2.24, 2.45) is 0 Å². The van der Waals surface area contributed by atoms with E-state index in [-0.39, 0.29) is 24.5 Å². The van der Waals surface area contributed by atoms with Crippen LogP contribution in [0.15, 0.2) is 30.3 Å². The van der Waals surface area contributed by atoms with Crippen molar-refractivity contribution >= 4 is 18.3 Å².